The smallest absolute Gasteiger partial charge is 0.244 e. The number of carbonyl (C=O) groups excluding carboxylic acids is 2. The van der Waals surface area contributed by atoms with Gasteiger partial charge in [-0.15, -0.1) is 0 Å². The van der Waals surface area contributed by atoms with E-state index in [1.165, 1.54) is 5.56 Å². The van der Waals surface area contributed by atoms with Gasteiger partial charge in [-0.3, -0.25) is 14.5 Å². The minimum absolute atomic E-state index is 0.0169. The van der Waals surface area contributed by atoms with Crippen molar-refractivity contribution in [2.75, 3.05) is 32.7 Å². The van der Waals surface area contributed by atoms with Gasteiger partial charge in [-0.25, -0.2) is 0 Å². The van der Waals surface area contributed by atoms with Gasteiger partial charge in [0.1, 0.15) is 6.04 Å². The molecule has 0 bridgehead atoms. The monoisotopic (exact) mass is 441 g/mol. The van der Waals surface area contributed by atoms with E-state index in [-0.39, 0.29) is 11.8 Å². The van der Waals surface area contributed by atoms with E-state index in [0.29, 0.717) is 24.8 Å². The van der Waals surface area contributed by atoms with Crippen LogP contribution in [-0.2, 0) is 16.0 Å². The molecule has 0 aliphatic carbocycles. The van der Waals surface area contributed by atoms with E-state index in [0.717, 1.165) is 38.0 Å². The predicted octanol–water partition coefficient (Wildman–Crippen LogP) is 2.67. The van der Waals surface area contributed by atoms with Crippen LogP contribution in [0.4, 0.5) is 0 Å². The molecule has 0 spiro atoms. The fourth-order valence-electron chi connectivity index (χ4n) is 3.57. The van der Waals surface area contributed by atoms with Gasteiger partial charge in [0, 0.05) is 43.6 Å². The molecule has 0 radical (unpaired) electrons. The highest BCUT2D eigenvalue weighted by Gasteiger charge is 2.29. The largest absolute Gasteiger partial charge is 0.344 e. The molecule has 0 unspecified atom stereocenters. The summed E-state index contributed by atoms with van der Waals surface area (Å²) >= 11 is 0. The molecule has 2 aromatic rings. The Morgan fingerprint density at radius 2 is 1.78 bits per heavy atom. The van der Waals surface area contributed by atoms with Crippen molar-refractivity contribution in [3.05, 3.63) is 35.7 Å². The zero-order valence-corrected chi connectivity index (χ0v) is 19.9. The summed E-state index contributed by atoms with van der Waals surface area (Å²) in [5, 5.41) is 6.92. The van der Waals surface area contributed by atoms with Crippen LogP contribution in [0, 0.1) is 12.3 Å². The number of rotatable bonds is 7. The van der Waals surface area contributed by atoms with E-state index in [2.05, 4.69) is 20.4 Å². The van der Waals surface area contributed by atoms with Gasteiger partial charge in [-0.1, -0.05) is 55.8 Å². The van der Waals surface area contributed by atoms with Gasteiger partial charge < -0.3 is 14.7 Å². The minimum Gasteiger partial charge on any atom is -0.344 e. The van der Waals surface area contributed by atoms with E-state index < -0.39 is 11.5 Å². The Morgan fingerprint density at radius 3 is 2.41 bits per heavy atom. The molecule has 1 saturated heterocycles. The summed E-state index contributed by atoms with van der Waals surface area (Å²) in [5.74, 6) is 1.15. The highest BCUT2D eigenvalue weighted by atomic mass is 16.5. The van der Waals surface area contributed by atoms with Crippen molar-refractivity contribution >= 4 is 11.8 Å². The molecule has 1 aliphatic rings. The van der Waals surface area contributed by atoms with Crippen molar-refractivity contribution in [1.29, 1.82) is 0 Å². The standard InChI is InChI=1S/C24H35N5O3/c1-17-8-10-19(11-9-17)21-26-20(32-27-21)7-6-12-28-13-15-29(16-14-28)22(30)18(2)25-23(31)24(3,4)5/h8-11,18H,6-7,12-16H2,1-5H3,(H,25,31)/t18-/m1/s1. The van der Waals surface area contributed by atoms with E-state index in [1.54, 1.807) is 6.92 Å². The Morgan fingerprint density at radius 1 is 1.12 bits per heavy atom. The summed E-state index contributed by atoms with van der Waals surface area (Å²) in [7, 11) is 0. The number of nitrogens with one attached hydrogen (secondary N) is 1. The SMILES string of the molecule is Cc1ccc(-c2noc(CCCN3CCN(C(=O)[C@@H](C)NC(=O)C(C)(C)C)CC3)n2)cc1. The van der Waals surface area contributed by atoms with Gasteiger partial charge in [-0.05, 0) is 26.8 Å². The minimum atomic E-state index is -0.507. The quantitative estimate of drug-likeness (QED) is 0.710. The third-order valence-corrected chi connectivity index (χ3v) is 5.73. The highest BCUT2D eigenvalue weighted by Crippen LogP contribution is 2.17. The first-order valence-electron chi connectivity index (χ1n) is 11.4. The van der Waals surface area contributed by atoms with Gasteiger partial charge in [0.05, 0.1) is 0 Å². The lowest BCUT2D eigenvalue weighted by Crippen LogP contribution is -2.55. The van der Waals surface area contributed by atoms with Crippen LogP contribution in [0.3, 0.4) is 0 Å². The maximum absolute atomic E-state index is 12.7. The number of hydrogen-bond acceptors (Lipinski definition) is 6. The molecule has 0 saturated carbocycles. The summed E-state index contributed by atoms with van der Waals surface area (Å²) < 4.78 is 5.40. The van der Waals surface area contributed by atoms with E-state index in [4.69, 9.17) is 4.52 Å². The van der Waals surface area contributed by atoms with Crippen LogP contribution < -0.4 is 5.32 Å². The molecule has 1 N–H and O–H groups in total. The van der Waals surface area contributed by atoms with Gasteiger partial charge in [0.2, 0.25) is 23.5 Å². The van der Waals surface area contributed by atoms with Crippen LogP contribution in [0.1, 0.15) is 45.6 Å². The molecule has 8 heteroatoms. The average molecular weight is 442 g/mol. The van der Waals surface area contributed by atoms with Gasteiger partial charge in [0.25, 0.3) is 0 Å². The van der Waals surface area contributed by atoms with Crippen molar-refractivity contribution < 1.29 is 14.1 Å². The van der Waals surface area contributed by atoms with Crippen LogP contribution in [0.5, 0.6) is 0 Å². The summed E-state index contributed by atoms with van der Waals surface area (Å²) in [5.41, 5.74) is 1.65. The molecule has 174 valence electrons. The normalized spacial score (nSPS) is 16.1. The van der Waals surface area contributed by atoms with Crippen molar-refractivity contribution in [2.45, 2.75) is 53.5 Å². The van der Waals surface area contributed by atoms with Gasteiger partial charge in [-0.2, -0.15) is 4.98 Å². The lowest BCUT2D eigenvalue weighted by atomic mass is 9.95. The number of hydrogen-bond donors (Lipinski definition) is 1. The first-order valence-corrected chi connectivity index (χ1v) is 11.4. The fourth-order valence-corrected chi connectivity index (χ4v) is 3.57. The van der Waals surface area contributed by atoms with E-state index >= 15 is 0 Å². The number of aromatic nitrogens is 2. The molecule has 1 aromatic heterocycles. The van der Waals surface area contributed by atoms with Crippen LogP contribution >= 0.6 is 0 Å². The lowest BCUT2D eigenvalue weighted by Gasteiger charge is -2.36. The molecule has 2 amide bonds. The highest BCUT2D eigenvalue weighted by molar-refractivity contribution is 5.89. The summed E-state index contributed by atoms with van der Waals surface area (Å²) in [6.45, 7) is 13.2. The molecule has 1 aliphatic heterocycles. The Kier molecular flexibility index (Phi) is 7.66. The van der Waals surface area contributed by atoms with Gasteiger partial charge in [0.15, 0.2) is 0 Å². The van der Waals surface area contributed by atoms with Crippen LogP contribution in [-0.4, -0.2) is 70.5 Å². The molecule has 3 rings (SSSR count). The first-order chi connectivity index (χ1) is 15.1. The molecule has 8 nitrogen and oxygen atoms in total. The molecule has 2 heterocycles. The van der Waals surface area contributed by atoms with Crippen LogP contribution in [0.15, 0.2) is 28.8 Å². The summed E-state index contributed by atoms with van der Waals surface area (Å²) in [6, 6.07) is 7.57. The number of nitrogens with zero attached hydrogens (tertiary/aromatic N) is 4. The third kappa shape index (κ3) is 6.38. The Bertz CT molecular complexity index is 908. The van der Waals surface area contributed by atoms with Crippen molar-refractivity contribution in [3.8, 4) is 11.4 Å². The number of benzene rings is 1. The Labute approximate surface area is 190 Å². The second kappa shape index (κ2) is 10.3. The van der Waals surface area contributed by atoms with Crippen molar-refractivity contribution in [1.82, 2.24) is 25.3 Å². The fraction of sp³-hybridized carbons (Fsp3) is 0.583. The Balaban J connectivity index is 1.39. The molecule has 32 heavy (non-hydrogen) atoms. The molecule has 1 atom stereocenters. The van der Waals surface area contributed by atoms with Crippen LogP contribution in [0.2, 0.25) is 0 Å². The van der Waals surface area contributed by atoms with Gasteiger partial charge >= 0.3 is 0 Å². The lowest BCUT2D eigenvalue weighted by molar-refractivity contribution is -0.139. The van der Waals surface area contributed by atoms with Crippen LogP contribution in [0.25, 0.3) is 11.4 Å². The van der Waals surface area contributed by atoms with Crippen molar-refractivity contribution in [2.24, 2.45) is 5.41 Å². The predicted molar refractivity (Wildman–Crippen MR) is 123 cm³/mol. The average Bonchev–Trinajstić information content (AvgIpc) is 3.22. The number of piperazine rings is 1. The summed E-state index contributed by atoms with van der Waals surface area (Å²) in [6.07, 6.45) is 1.65. The first kappa shape index (κ1) is 23.9. The van der Waals surface area contributed by atoms with Crippen molar-refractivity contribution in [3.63, 3.8) is 0 Å². The maximum Gasteiger partial charge on any atom is 0.244 e. The zero-order chi connectivity index (χ0) is 23.3. The number of amides is 2. The Hall–Kier alpha value is -2.74. The molecule has 1 fully saturated rings. The second-order valence-corrected chi connectivity index (χ2v) is 9.59. The maximum atomic E-state index is 12.7. The molecule has 1 aromatic carbocycles. The second-order valence-electron chi connectivity index (χ2n) is 9.59. The number of aryl methyl sites for hydroxylation is 2. The number of carbonyl (C=O) groups is 2. The van der Waals surface area contributed by atoms with E-state index in [9.17, 15) is 9.59 Å². The third-order valence-electron chi connectivity index (χ3n) is 5.73. The summed E-state index contributed by atoms with van der Waals surface area (Å²) in [4.78, 5) is 33.5. The molecular weight excluding hydrogens is 406 g/mol. The van der Waals surface area contributed by atoms with E-state index in [1.807, 2.05) is 56.9 Å². The zero-order valence-electron chi connectivity index (χ0n) is 19.9. The molecular formula is C24H35N5O3. The topological polar surface area (TPSA) is 91.6 Å².